The van der Waals surface area contributed by atoms with Crippen LogP contribution in [0.15, 0.2) is 36.4 Å². The van der Waals surface area contributed by atoms with E-state index in [1.807, 2.05) is 0 Å². The highest BCUT2D eigenvalue weighted by molar-refractivity contribution is 5.88. The molecule has 7 heteroatoms. The molecule has 0 aromatic heterocycles. The van der Waals surface area contributed by atoms with Gasteiger partial charge in [-0.2, -0.15) is 0 Å². The van der Waals surface area contributed by atoms with Gasteiger partial charge in [-0.05, 0) is 24.3 Å². The Morgan fingerprint density at radius 1 is 0.826 bits per heavy atom. The van der Waals surface area contributed by atoms with Crippen LogP contribution in [0.4, 0.5) is 0 Å². The van der Waals surface area contributed by atoms with Gasteiger partial charge in [0.25, 0.3) is 0 Å². The summed E-state index contributed by atoms with van der Waals surface area (Å²) >= 11 is -0.889. The molecule has 23 heavy (non-hydrogen) atoms. The molecule has 0 saturated heterocycles. The summed E-state index contributed by atoms with van der Waals surface area (Å²) in [5.41, 5.74) is 0.322. The molecular weight excluding hydrogens is 415 g/mol. The van der Waals surface area contributed by atoms with Crippen molar-refractivity contribution >= 4 is 11.9 Å². The standard InChI is InChI=1S/C16H13IO6/c1-22-13-5-3-9(15(18)19)7-11(13)17-12-8-10(16(20)21)4-6-14(12)23-2/h3-8H,1-2H3,(H-,18,19,20,21)/p+1. The zero-order valence-corrected chi connectivity index (χ0v) is 14.5. The van der Waals surface area contributed by atoms with Crippen LogP contribution in [0, 0.1) is 7.14 Å². The Kier molecular flexibility index (Phi) is 5.43. The summed E-state index contributed by atoms with van der Waals surface area (Å²) in [4.78, 5) is 22.3. The SMILES string of the molecule is COc1ccc(C(=O)O)cc1[I+]c1cc(C(=O)O)ccc1OC. The van der Waals surface area contributed by atoms with Crippen LogP contribution in [0.5, 0.6) is 11.5 Å². The van der Waals surface area contributed by atoms with Crippen LogP contribution < -0.4 is 30.7 Å². The normalized spacial score (nSPS) is 10.2. The minimum absolute atomic E-state index is 0.161. The highest BCUT2D eigenvalue weighted by Crippen LogP contribution is 2.14. The zero-order chi connectivity index (χ0) is 17.0. The summed E-state index contributed by atoms with van der Waals surface area (Å²) in [7, 11) is 3.02. The third-order valence-electron chi connectivity index (χ3n) is 3.00. The van der Waals surface area contributed by atoms with Crippen molar-refractivity contribution in [3.8, 4) is 11.5 Å². The summed E-state index contributed by atoms with van der Waals surface area (Å²) in [6, 6.07) is 9.26. The summed E-state index contributed by atoms with van der Waals surface area (Å²) < 4.78 is 12.0. The van der Waals surface area contributed by atoms with E-state index in [0.717, 1.165) is 7.14 Å². The Hall–Kier alpha value is -2.29. The largest absolute Gasteiger partial charge is 0.492 e. The van der Waals surface area contributed by atoms with Crippen molar-refractivity contribution in [1.29, 1.82) is 0 Å². The van der Waals surface area contributed by atoms with E-state index in [-0.39, 0.29) is 11.1 Å². The molecule has 2 aromatic rings. The molecule has 0 saturated carbocycles. The number of halogens is 1. The lowest BCUT2D eigenvalue weighted by molar-refractivity contribution is -0.598. The van der Waals surface area contributed by atoms with E-state index in [4.69, 9.17) is 19.7 Å². The van der Waals surface area contributed by atoms with Gasteiger partial charge >= 0.3 is 33.1 Å². The zero-order valence-electron chi connectivity index (χ0n) is 12.4. The summed E-state index contributed by atoms with van der Waals surface area (Å²) in [5, 5.41) is 18.3. The lowest BCUT2D eigenvalue weighted by Crippen LogP contribution is -3.61. The Labute approximate surface area is 142 Å². The molecule has 0 heterocycles. The van der Waals surface area contributed by atoms with E-state index in [1.54, 1.807) is 24.3 Å². The van der Waals surface area contributed by atoms with Crippen molar-refractivity contribution in [3.05, 3.63) is 54.7 Å². The first-order chi connectivity index (χ1) is 11.0. The number of benzene rings is 2. The van der Waals surface area contributed by atoms with Crippen molar-refractivity contribution in [2.75, 3.05) is 14.2 Å². The molecule has 0 atom stereocenters. The average Bonchev–Trinajstić information content (AvgIpc) is 2.54. The number of ether oxygens (including phenoxy) is 2. The first-order valence-electron chi connectivity index (χ1n) is 6.43. The second kappa shape index (κ2) is 7.32. The number of rotatable bonds is 6. The molecule has 0 aliphatic heterocycles. The van der Waals surface area contributed by atoms with Gasteiger partial charge in [0.15, 0.2) is 11.5 Å². The second-order valence-corrected chi connectivity index (χ2v) is 7.27. The average molecular weight is 429 g/mol. The molecule has 120 valence electrons. The number of hydrogen-bond acceptors (Lipinski definition) is 4. The van der Waals surface area contributed by atoms with Gasteiger partial charge in [-0.1, -0.05) is 0 Å². The van der Waals surface area contributed by atoms with Crippen LogP contribution in [0.2, 0.25) is 0 Å². The molecule has 0 radical (unpaired) electrons. The maximum Gasteiger partial charge on any atom is 0.366 e. The van der Waals surface area contributed by atoms with Gasteiger partial charge in [0.05, 0.1) is 25.3 Å². The van der Waals surface area contributed by atoms with Crippen molar-refractivity contribution in [2.24, 2.45) is 0 Å². The Morgan fingerprint density at radius 3 is 1.52 bits per heavy atom. The molecule has 6 nitrogen and oxygen atoms in total. The number of carboxylic acids is 2. The maximum atomic E-state index is 11.1. The second-order valence-electron chi connectivity index (χ2n) is 4.40. The third-order valence-corrected chi connectivity index (χ3v) is 5.85. The molecule has 0 aliphatic rings. The number of carboxylic acid groups (broad SMARTS) is 2. The predicted octanol–water partition coefficient (Wildman–Crippen LogP) is -0.771. The van der Waals surface area contributed by atoms with Gasteiger partial charge in [-0.15, -0.1) is 0 Å². The van der Waals surface area contributed by atoms with Crippen LogP contribution in [0.25, 0.3) is 0 Å². The fourth-order valence-corrected chi connectivity index (χ4v) is 4.80. The van der Waals surface area contributed by atoms with E-state index >= 15 is 0 Å². The molecule has 0 bridgehead atoms. The number of methoxy groups -OCH3 is 2. The minimum atomic E-state index is -1.02. The van der Waals surface area contributed by atoms with Gasteiger partial charge in [0.1, 0.15) is 0 Å². The van der Waals surface area contributed by atoms with Crippen LogP contribution in [-0.4, -0.2) is 36.4 Å². The first-order valence-corrected chi connectivity index (χ1v) is 8.59. The van der Waals surface area contributed by atoms with Gasteiger partial charge in [0.2, 0.25) is 7.14 Å². The molecular formula is C16H14IO6+. The van der Waals surface area contributed by atoms with Crippen molar-refractivity contribution in [3.63, 3.8) is 0 Å². The van der Waals surface area contributed by atoms with Crippen molar-refractivity contribution in [1.82, 2.24) is 0 Å². The van der Waals surface area contributed by atoms with Gasteiger partial charge in [-0.25, -0.2) is 9.59 Å². The highest BCUT2D eigenvalue weighted by Gasteiger charge is 2.27. The van der Waals surface area contributed by atoms with Crippen LogP contribution >= 0.6 is 0 Å². The summed E-state index contributed by atoms with van der Waals surface area (Å²) in [6.07, 6.45) is 0. The molecule has 0 fully saturated rings. The van der Waals surface area contributed by atoms with E-state index in [2.05, 4.69) is 0 Å². The van der Waals surface area contributed by atoms with Crippen LogP contribution in [0.1, 0.15) is 20.7 Å². The smallest absolute Gasteiger partial charge is 0.366 e. The molecule has 2 N–H and O–H groups in total. The first kappa shape index (κ1) is 17.1. The quantitative estimate of drug-likeness (QED) is 0.587. The molecule has 2 aromatic carbocycles. The minimum Gasteiger partial charge on any atom is -0.492 e. The van der Waals surface area contributed by atoms with Crippen LogP contribution in [0.3, 0.4) is 0 Å². The highest BCUT2D eigenvalue weighted by atomic mass is 127. The Morgan fingerprint density at radius 2 is 1.22 bits per heavy atom. The lowest BCUT2D eigenvalue weighted by atomic mass is 10.2. The number of hydrogen-bond donors (Lipinski definition) is 2. The van der Waals surface area contributed by atoms with Gasteiger partial charge < -0.3 is 19.7 Å². The number of aromatic carboxylic acids is 2. The molecule has 0 spiro atoms. The van der Waals surface area contributed by atoms with E-state index < -0.39 is 33.1 Å². The fourth-order valence-electron chi connectivity index (χ4n) is 1.86. The van der Waals surface area contributed by atoms with Crippen LogP contribution in [-0.2, 0) is 0 Å². The topological polar surface area (TPSA) is 93.1 Å². The van der Waals surface area contributed by atoms with E-state index in [9.17, 15) is 9.59 Å². The fraction of sp³-hybridized carbons (Fsp3) is 0.125. The molecule has 0 unspecified atom stereocenters. The van der Waals surface area contributed by atoms with Crippen molar-refractivity contribution in [2.45, 2.75) is 0 Å². The Bertz CT molecular complexity index is 693. The van der Waals surface area contributed by atoms with Gasteiger partial charge in [-0.3, -0.25) is 0 Å². The molecule has 0 amide bonds. The summed E-state index contributed by atoms with van der Waals surface area (Å²) in [6.45, 7) is 0. The molecule has 2 rings (SSSR count). The van der Waals surface area contributed by atoms with E-state index in [0.29, 0.717) is 11.5 Å². The Balaban J connectivity index is 2.48. The number of carbonyl (C=O) groups is 2. The third kappa shape index (κ3) is 3.92. The van der Waals surface area contributed by atoms with E-state index in [1.165, 1.54) is 26.4 Å². The monoisotopic (exact) mass is 429 g/mol. The predicted molar refractivity (Wildman–Crippen MR) is 77.3 cm³/mol. The van der Waals surface area contributed by atoms with Crippen molar-refractivity contribution < 1.29 is 50.5 Å². The summed E-state index contributed by atoms with van der Waals surface area (Å²) in [5.74, 6) is -0.899. The molecule has 0 aliphatic carbocycles. The lowest BCUT2D eigenvalue weighted by Gasteiger charge is -2.03. The van der Waals surface area contributed by atoms with Gasteiger partial charge in [0, 0.05) is 12.1 Å². The maximum absolute atomic E-state index is 11.1.